The number of halogens is 4. The van der Waals surface area contributed by atoms with Crippen LogP contribution in [0.2, 0.25) is 5.02 Å². The Morgan fingerprint density at radius 2 is 2.12 bits per heavy atom. The summed E-state index contributed by atoms with van der Waals surface area (Å²) in [5.41, 5.74) is 4.39. The lowest BCUT2D eigenvalue weighted by Gasteiger charge is -2.14. The van der Waals surface area contributed by atoms with Gasteiger partial charge in [0.05, 0.1) is 17.0 Å². The van der Waals surface area contributed by atoms with Gasteiger partial charge in [0, 0.05) is 11.1 Å². The maximum Gasteiger partial charge on any atom is 0.418 e. The number of nitrogens with two attached hydrogens (primary N) is 1. The van der Waals surface area contributed by atoms with Crippen molar-refractivity contribution < 1.29 is 18.0 Å². The van der Waals surface area contributed by atoms with Gasteiger partial charge in [0.1, 0.15) is 0 Å². The largest absolute Gasteiger partial charge is 0.418 e. The van der Waals surface area contributed by atoms with Gasteiger partial charge in [-0.05, 0) is 31.0 Å². The number of amides is 1. The van der Waals surface area contributed by atoms with E-state index in [2.05, 4.69) is 15.5 Å². The molecule has 2 aromatic rings. The Balaban J connectivity index is 1.68. The topological polar surface area (TPSA) is 85.8 Å². The highest BCUT2D eigenvalue weighted by Gasteiger charge is 2.34. The van der Waals surface area contributed by atoms with Gasteiger partial charge in [-0.1, -0.05) is 23.4 Å². The third kappa shape index (κ3) is 4.18. The first kappa shape index (κ1) is 17.9. The van der Waals surface area contributed by atoms with Gasteiger partial charge >= 0.3 is 6.18 Å². The standard InChI is InChI=1S/C14H13ClF3N5OS/c15-7-1-4-10(9(5-7)14(16,17)18)20-11(24)6-25-13-22-21-12(19)23(13)8-2-3-8/h1,4-5,8H,2-3,6H2,(H2,19,21)(H,20,24). The molecule has 0 aliphatic heterocycles. The molecule has 134 valence electrons. The quantitative estimate of drug-likeness (QED) is 0.760. The summed E-state index contributed by atoms with van der Waals surface area (Å²) in [4.78, 5) is 12.0. The van der Waals surface area contributed by atoms with Crippen LogP contribution in [0.25, 0.3) is 0 Å². The fourth-order valence-corrected chi connectivity index (χ4v) is 3.22. The van der Waals surface area contributed by atoms with Crippen LogP contribution in [0.5, 0.6) is 0 Å². The van der Waals surface area contributed by atoms with Crippen molar-refractivity contribution in [2.75, 3.05) is 16.8 Å². The summed E-state index contributed by atoms with van der Waals surface area (Å²) >= 11 is 6.68. The number of aromatic nitrogens is 3. The Kier molecular flexibility index (Phi) is 4.83. The van der Waals surface area contributed by atoms with Crippen LogP contribution in [-0.2, 0) is 11.0 Å². The van der Waals surface area contributed by atoms with Crippen molar-refractivity contribution in [3.63, 3.8) is 0 Å². The number of carbonyl (C=O) groups excluding carboxylic acids is 1. The van der Waals surface area contributed by atoms with Crippen LogP contribution in [0.4, 0.5) is 24.8 Å². The number of hydrogen-bond acceptors (Lipinski definition) is 5. The van der Waals surface area contributed by atoms with Crippen LogP contribution in [0.1, 0.15) is 24.4 Å². The number of alkyl halides is 3. The molecule has 0 radical (unpaired) electrons. The minimum absolute atomic E-state index is 0.0623. The third-order valence-electron chi connectivity index (χ3n) is 3.50. The lowest BCUT2D eigenvalue weighted by molar-refractivity contribution is -0.137. The number of carbonyl (C=O) groups is 1. The monoisotopic (exact) mass is 391 g/mol. The molecule has 1 aliphatic carbocycles. The summed E-state index contributed by atoms with van der Waals surface area (Å²) in [6.45, 7) is 0. The van der Waals surface area contributed by atoms with Crippen molar-refractivity contribution in [3.05, 3.63) is 28.8 Å². The van der Waals surface area contributed by atoms with E-state index in [-0.39, 0.29) is 28.5 Å². The molecule has 1 heterocycles. The normalized spacial score (nSPS) is 14.6. The number of anilines is 2. The number of nitrogen functional groups attached to an aromatic ring is 1. The number of nitrogens with one attached hydrogen (secondary N) is 1. The minimum Gasteiger partial charge on any atom is -0.368 e. The highest BCUT2D eigenvalue weighted by Crippen LogP contribution is 2.39. The van der Waals surface area contributed by atoms with Gasteiger partial charge in [0.25, 0.3) is 0 Å². The zero-order chi connectivity index (χ0) is 18.2. The molecule has 25 heavy (non-hydrogen) atoms. The van der Waals surface area contributed by atoms with E-state index < -0.39 is 17.6 Å². The number of rotatable bonds is 5. The van der Waals surface area contributed by atoms with Gasteiger partial charge in [-0.3, -0.25) is 9.36 Å². The molecular weight excluding hydrogens is 379 g/mol. The molecule has 3 N–H and O–H groups in total. The summed E-state index contributed by atoms with van der Waals surface area (Å²) in [6, 6.07) is 3.41. The first-order valence-corrected chi connectivity index (χ1v) is 8.62. The summed E-state index contributed by atoms with van der Waals surface area (Å²) < 4.78 is 40.8. The zero-order valence-corrected chi connectivity index (χ0v) is 14.3. The van der Waals surface area contributed by atoms with Crippen LogP contribution in [0, 0.1) is 0 Å². The van der Waals surface area contributed by atoms with E-state index in [4.69, 9.17) is 17.3 Å². The highest BCUT2D eigenvalue weighted by atomic mass is 35.5. The molecule has 0 atom stereocenters. The van der Waals surface area contributed by atoms with Crippen LogP contribution in [-0.4, -0.2) is 26.4 Å². The van der Waals surface area contributed by atoms with Gasteiger partial charge in [-0.25, -0.2) is 0 Å². The molecule has 1 saturated carbocycles. The smallest absolute Gasteiger partial charge is 0.368 e. The number of thioether (sulfide) groups is 1. The van der Waals surface area contributed by atoms with Crippen molar-refractivity contribution in [2.45, 2.75) is 30.2 Å². The lowest BCUT2D eigenvalue weighted by Crippen LogP contribution is -2.18. The van der Waals surface area contributed by atoms with E-state index in [1.54, 1.807) is 4.57 Å². The maximum atomic E-state index is 13.0. The Morgan fingerprint density at radius 3 is 2.76 bits per heavy atom. The van der Waals surface area contributed by atoms with Crippen LogP contribution in [0.3, 0.4) is 0 Å². The van der Waals surface area contributed by atoms with Crippen molar-refractivity contribution in [3.8, 4) is 0 Å². The highest BCUT2D eigenvalue weighted by molar-refractivity contribution is 7.99. The molecule has 0 unspecified atom stereocenters. The molecule has 11 heteroatoms. The first-order valence-electron chi connectivity index (χ1n) is 7.25. The Hall–Kier alpha value is -1.94. The van der Waals surface area contributed by atoms with Gasteiger partial charge < -0.3 is 11.1 Å². The summed E-state index contributed by atoms with van der Waals surface area (Å²) in [6.07, 6.45) is -2.70. The maximum absolute atomic E-state index is 13.0. The molecule has 3 rings (SSSR count). The molecule has 6 nitrogen and oxygen atoms in total. The van der Waals surface area contributed by atoms with Gasteiger partial charge in [-0.15, -0.1) is 10.2 Å². The molecule has 1 aromatic heterocycles. The van der Waals surface area contributed by atoms with E-state index >= 15 is 0 Å². The van der Waals surface area contributed by atoms with Gasteiger partial charge in [-0.2, -0.15) is 13.2 Å². The second-order valence-electron chi connectivity index (χ2n) is 5.47. The Morgan fingerprint density at radius 1 is 1.40 bits per heavy atom. The third-order valence-corrected chi connectivity index (χ3v) is 4.67. The molecule has 1 aromatic carbocycles. The Bertz CT molecular complexity index is 806. The Labute approximate surface area is 149 Å². The molecule has 0 saturated heterocycles. The van der Waals surface area contributed by atoms with E-state index in [0.717, 1.165) is 36.7 Å². The fraction of sp³-hybridized carbons (Fsp3) is 0.357. The fourth-order valence-electron chi connectivity index (χ4n) is 2.24. The predicted octanol–water partition coefficient (Wildman–Crippen LogP) is 3.60. The van der Waals surface area contributed by atoms with Crippen molar-refractivity contribution in [2.24, 2.45) is 0 Å². The van der Waals surface area contributed by atoms with Crippen LogP contribution < -0.4 is 11.1 Å². The second-order valence-corrected chi connectivity index (χ2v) is 6.85. The van der Waals surface area contributed by atoms with Crippen molar-refractivity contribution in [1.82, 2.24) is 14.8 Å². The number of hydrogen-bond donors (Lipinski definition) is 2. The molecule has 1 aliphatic rings. The van der Waals surface area contributed by atoms with Crippen molar-refractivity contribution >= 4 is 40.9 Å². The van der Waals surface area contributed by atoms with Crippen molar-refractivity contribution in [1.29, 1.82) is 0 Å². The van der Waals surface area contributed by atoms with E-state index in [0.29, 0.717) is 5.16 Å². The zero-order valence-electron chi connectivity index (χ0n) is 12.7. The van der Waals surface area contributed by atoms with Crippen LogP contribution >= 0.6 is 23.4 Å². The van der Waals surface area contributed by atoms with Gasteiger partial charge in [0.15, 0.2) is 5.16 Å². The molecule has 1 fully saturated rings. The summed E-state index contributed by atoms with van der Waals surface area (Å²) in [7, 11) is 0. The molecule has 0 bridgehead atoms. The SMILES string of the molecule is Nc1nnc(SCC(=O)Nc2ccc(Cl)cc2C(F)(F)F)n1C1CC1. The van der Waals surface area contributed by atoms with E-state index in [1.807, 2.05) is 0 Å². The summed E-state index contributed by atoms with van der Waals surface area (Å²) in [5, 5.41) is 10.3. The molecule has 0 spiro atoms. The van der Waals surface area contributed by atoms with Crippen LogP contribution in [0.15, 0.2) is 23.4 Å². The van der Waals surface area contributed by atoms with Gasteiger partial charge in [0.2, 0.25) is 11.9 Å². The molecule has 1 amide bonds. The van der Waals surface area contributed by atoms with E-state index in [9.17, 15) is 18.0 Å². The first-order chi connectivity index (χ1) is 11.8. The number of nitrogens with zero attached hydrogens (tertiary/aromatic N) is 3. The second kappa shape index (κ2) is 6.75. The number of benzene rings is 1. The summed E-state index contributed by atoms with van der Waals surface area (Å²) in [5.74, 6) is -0.450. The molecular formula is C14H13ClF3N5OS. The minimum atomic E-state index is -4.62. The average Bonchev–Trinajstić information content (AvgIpc) is 3.29. The average molecular weight is 392 g/mol. The lowest BCUT2D eigenvalue weighted by atomic mass is 10.1. The predicted molar refractivity (Wildman–Crippen MR) is 88.5 cm³/mol. The van der Waals surface area contributed by atoms with E-state index in [1.165, 1.54) is 6.07 Å².